The van der Waals surface area contributed by atoms with Crippen LogP contribution in [-0.2, 0) is 4.79 Å². The standard InChI is InChI=1S/C7H8F3O2/c1-3-5(7(8,9)10)6(12)4(2)11/h3-4,11H,2H2,1H3. The normalized spacial score (nSPS) is 16.0. The molecular formula is C7H8F3O2. The maximum atomic E-state index is 11.9. The number of Topliss-reactive ketones (excluding diaryl/α,β-unsaturated/α-hetero) is 1. The third-order valence-corrected chi connectivity index (χ3v) is 1.16. The highest BCUT2D eigenvalue weighted by Crippen LogP contribution is 2.26. The summed E-state index contributed by atoms with van der Waals surface area (Å²) in [6, 6.07) is 0. The van der Waals surface area contributed by atoms with E-state index in [1.54, 1.807) is 0 Å². The van der Waals surface area contributed by atoms with E-state index in [1.807, 2.05) is 0 Å². The molecule has 1 unspecified atom stereocenters. The molecule has 0 fully saturated rings. The first-order valence-corrected chi connectivity index (χ1v) is 3.09. The molecule has 0 aromatic rings. The highest BCUT2D eigenvalue weighted by molar-refractivity contribution is 6.00. The highest BCUT2D eigenvalue weighted by atomic mass is 19.4. The van der Waals surface area contributed by atoms with E-state index in [0.717, 1.165) is 6.92 Å². The van der Waals surface area contributed by atoms with Gasteiger partial charge in [-0.25, -0.2) is 0 Å². The molecule has 5 heteroatoms. The summed E-state index contributed by atoms with van der Waals surface area (Å²) in [4.78, 5) is 10.6. The maximum Gasteiger partial charge on any atom is 0.419 e. The van der Waals surface area contributed by atoms with Crippen molar-refractivity contribution in [1.82, 2.24) is 0 Å². The van der Waals surface area contributed by atoms with Crippen molar-refractivity contribution in [2.45, 2.75) is 19.2 Å². The van der Waals surface area contributed by atoms with Gasteiger partial charge in [0.05, 0.1) is 5.57 Å². The summed E-state index contributed by atoms with van der Waals surface area (Å²) in [6.07, 6.45) is -5.97. The van der Waals surface area contributed by atoms with Gasteiger partial charge in [0.15, 0.2) is 5.78 Å². The van der Waals surface area contributed by atoms with Crippen LogP contribution in [0, 0.1) is 6.92 Å². The van der Waals surface area contributed by atoms with Gasteiger partial charge in [0.25, 0.3) is 0 Å². The fourth-order valence-electron chi connectivity index (χ4n) is 0.625. The molecule has 0 heterocycles. The molecule has 1 N–H and O–H groups in total. The zero-order chi connectivity index (χ0) is 9.94. The van der Waals surface area contributed by atoms with Gasteiger partial charge in [-0.3, -0.25) is 4.79 Å². The lowest BCUT2D eigenvalue weighted by Gasteiger charge is -2.10. The van der Waals surface area contributed by atoms with E-state index in [0.29, 0.717) is 6.08 Å². The molecule has 0 aromatic carbocycles. The number of aliphatic hydroxyl groups excluding tert-OH is 1. The Morgan fingerprint density at radius 1 is 1.58 bits per heavy atom. The Morgan fingerprint density at radius 3 is 2.08 bits per heavy atom. The molecule has 1 radical (unpaired) electrons. The van der Waals surface area contributed by atoms with Crippen LogP contribution in [0.1, 0.15) is 6.92 Å². The van der Waals surface area contributed by atoms with E-state index in [2.05, 4.69) is 6.92 Å². The minimum absolute atomic E-state index is 0.608. The molecule has 2 nitrogen and oxygen atoms in total. The van der Waals surface area contributed by atoms with E-state index in [1.165, 1.54) is 0 Å². The average molecular weight is 181 g/mol. The van der Waals surface area contributed by atoms with Crippen molar-refractivity contribution < 1.29 is 23.1 Å². The summed E-state index contributed by atoms with van der Waals surface area (Å²) in [5.74, 6) is -1.41. The number of rotatable bonds is 2. The Kier molecular flexibility index (Phi) is 3.45. The first-order chi connectivity index (χ1) is 5.30. The fourth-order valence-corrected chi connectivity index (χ4v) is 0.625. The lowest BCUT2D eigenvalue weighted by molar-refractivity contribution is -0.134. The molecule has 12 heavy (non-hydrogen) atoms. The van der Waals surface area contributed by atoms with E-state index >= 15 is 0 Å². The SMILES string of the molecule is [CH2]C(O)C(=O)C(=CC)C(F)(F)F. The summed E-state index contributed by atoms with van der Waals surface area (Å²) in [7, 11) is 0. The van der Waals surface area contributed by atoms with Crippen LogP contribution in [-0.4, -0.2) is 23.2 Å². The van der Waals surface area contributed by atoms with E-state index in [-0.39, 0.29) is 0 Å². The second-order valence-corrected chi connectivity index (χ2v) is 2.08. The number of halogens is 3. The topological polar surface area (TPSA) is 37.3 Å². The van der Waals surface area contributed by atoms with Crippen LogP contribution >= 0.6 is 0 Å². The van der Waals surface area contributed by atoms with Crippen molar-refractivity contribution in [3.05, 3.63) is 18.6 Å². The predicted octanol–water partition coefficient (Wildman–Crippen LogP) is 1.26. The minimum Gasteiger partial charge on any atom is -0.385 e. The Labute approximate surface area is 67.7 Å². The predicted molar refractivity (Wildman–Crippen MR) is 36.2 cm³/mol. The van der Waals surface area contributed by atoms with Gasteiger partial charge >= 0.3 is 6.18 Å². The number of ketones is 1. The molecular weight excluding hydrogens is 173 g/mol. The van der Waals surface area contributed by atoms with E-state index in [9.17, 15) is 18.0 Å². The minimum atomic E-state index is -4.72. The van der Waals surface area contributed by atoms with Gasteiger partial charge in [0, 0.05) is 0 Å². The van der Waals surface area contributed by atoms with Gasteiger partial charge in [-0.05, 0) is 13.8 Å². The summed E-state index contributed by atoms with van der Waals surface area (Å²) in [5.41, 5.74) is -1.37. The van der Waals surface area contributed by atoms with E-state index in [4.69, 9.17) is 5.11 Å². The molecule has 0 saturated carbocycles. The molecule has 69 valence electrons. The molecule has 0 aliphatic carbocycles. The number of aliphatic hydroxyl groups is 1. The van der Waals surface area contributed by atoms with Crippen molar-refractivity contribution >= 4 is 5.78 Å². The van der Waals surface area contributed by atoms with Gasteiger partial charge < -0.3 is 5.11 Å². The number of hydrogen-bond donors (Lipinski definition) is 1. The molecule has 1 atom stereocenters. The molecule has 0 saturated heterocycles. The molecule has 0 amide bonds. The van der Waals surface area contributed by atoms with E-state index < -0.39 is 23.6 Å². The van der Waals surface area contributed by atoms with Crippen molar-refractivity contribution in [2.75, 3.05) is 0 Å². The zero-order valence-electron chi connectivity index (χ0n) is 6.35. The second-order valence-electron chi connectivity index (χ2n) is 2.08. The van der Waals surface area contributed by atoms with Crippen LogP contribution in [0.4, 0.5) is 13.2 Å². The third kappa shape index (κ3) is 2.65. The van der Waals surface area contributed by atoms with Crippen LogP contribution in [0.2, 0.25) is 0 Å². The maximum absolute atomic E-state index is 11.9. The van der Waals surface area contributed by atoms with Crippen LogP contribution in [0.3, 0.4) is 0 Å². The molecule has 0 aromatic heterocycles. The zero-order valence-corrected chi connectivity index (χ0v) is 6.35. The van der Waals surface area contributed by atoms with Crippen LogP contribution in [0.25, 0.3) is 0 Å². The lowest BCUT2D eigenvalue weighted by Crippen LogP contribution is -2.27. The number of carbonyl (C=O) groups excluding carboxylic acids is 1. The van der Waals surface area contributed by atoms with Gasteiger partial charge in [0.1, 0.15) is 6.10 Å². The summed E-state index contributed by atoms with van der Waals surface area (Å²) in [5, 5.41) is 8.48. The van der Waals surface area contributed by atoms with Gasteiger partial charge in [-0.2, -0.15) is 13.2 Å². The fraction of sp³-hybridized carbons (Fsp3) is 0.429. The molecule has 0 spiro atoms. The van der Waals surface area contributed by atoms with Crippen molar-refractivity contribution in [3.8, 4) is 0 Å². The van der Waals surface area contributed by atoms with Gasteiger partial charge in [0.2, 0.25) is 0 Å². The monoisotopic (exact) mass is 181 g/mol. The van der Waals surface area contributed by atoms with Crippen LogP contribution < -0.4 is 0 Å². The first kappa shape index (κ1) is 11.2. The summed E-state index contributed by atoms with van der Waals surface area (Å²) < 4.78 is 35.7. The second kappa shape index (κ2) is 3.71. The van der Waals surface area contributed by atoms with Gasteiger partial charge in [-0.1, -0.05) is 6.08 Å². The Morgan fingerprint density at radius 2 is 2.00 bits per heavy atom. The third-order valence-electron chi connectivity index (χ3n) is 1.16. The largest absolute Gasteiger partial charge is 0.419 e. The Balaban J connectivity index is 4.73. The van der Waals surface area contributed by atoms with Crippen molar-refractivity contribution in [2.24, 2.45) is 0 Å². The average Bonchev–Trinajstić information content (AvgIpc) is 1.85. The Bertz CT molecular complexity index is 203. The molecule has 0 bridgehead atoms. The highest BCUT2D eigenvalue weighted by Gasteiger charge is 2.38. The number of hydrogen-bond acceptors (Lipinski definition) is 2. The summed E-state index contributed by atoms with van der Waals surface area (Å²) in [6.45, 7) is 3.86. The number of carbonyl (C=O) groups is 1. The lowest BCUT2D eigenvalue weighted by atomic mass is 10.1. The molecule has 0 aliphatic heterocycles. The quantitative estimate of drug-likeness (QED) is 0.651. The Hall–Kier alpha value is -0.840. The summed E-state index contributed by atoms with van der Waals surface area (Å²) >= 11 is 0. The molecule has 0 aliphatic rings. The van der Waals surface area contributed by atoms with Crippen molar-refractivity contribution in [3.63, 3.8) is 0 Å². The number of alkyl halides is 3. The van der Waals surface area contributed by atoms with Crippen LogP contribution in [0.5, 0.6) is 0 Å². The number of allylic oxidation sites excluding steroid dienone is 1. The van der Waals surface area contributed by atoms with Crippen LogP contribution in [0.15, 0.2) is 11.6 Å². The smallest absolute Gasteiger partial charge is 0.385 e. The van der Waals surface area contributed by atoms with Crippen molar-refractivity contribution in [1.29, 1.82) is 0 Å². The first-order valence-electron chi connectivity index (χ1n) is 3.09. The van der Waals surface area contributed by atoms with Gasteiger partial charge in [-0.15, -0.1) is 0 Å². The molecule has 0 rings (SSSR count).